The van der Waals surface area contributed by atoms with Crippen molar-refractivity contribution >= 4 is 33.0 Å². The number of rotatable bonds is 11. The monoisotopic (exact) mass is 599 g/mol. The van der Waals surface area contributed by atoms with Crippen LogP contribution >= 0.6 is 11.3 Å². The molecule has 0 bridgehead atoms. The van der Waals surface area contributed by atoms with Gasteiger partial charge in [0, 0.05) is 18.4 Å². The Bertz CT molecular complexity index is 1440. The molecule has 0 spiro atoms. The van der Waals surface area contributed by atoms with E-state index in [1.807, 2.05) is 6.92 Å². The van der Waals surface area contributed by atoms with Gasteiger partial charge in [0.1, 0.15) is 5.69 Å². The minimum atomic E-state index is -3.49. The molecule has 1 amide bonds. The van der Waals surface area contributed by atoms with E-state index in [-0.39, 0.29) is 17.2 Å². The Morgan fingerprint density at radius 3 is 2.73 bits per heavy atom. The first-order valence-electron chi connectivity index (χ1n) is 14.2. The number of hydrogen-bond donors (Lipinski definition) is 2. The summed E-state index contributed by atoms with van der Waals surface area (Å²) < 4.78 is 34.1. The van der Waals surface area contributed by atoms with Crippen LogP contribution in [0.1, 0.15) is 79.8 Å². The lowest BCUT2D eigenvalue weighted by atomic mass is 9.94. The number of hydrogen-bond acceptors (Lipinski definition) is 10. The van der Waals surface area contributed by atoms with Crippen LogP contribution in [0.5, 0.6) is 5.88 Å². The number of anilines is 1. The van der Waals surface area contributed by atoms with E-state index in [4.69, 9.17) is 4.74 Å². The molecule has 220 valence electrons. The molecule has 0 radical (unpaired) electrons. The van der Waals surface area contributed by atoms with Gasteiger partial charge >= 0.3 is 0 Å². The van der Waals surface area contributed by atoms with Crippen molar-refractivity contribution in [1.82, 2.24) is 30.2 Å². The van der Waals surface area contributed by atoms with Gasteiger partial charge in [-0.05, 0) is 64.8 Å². The molecule has 2 N–H and O–H groups in total. The minimum Gasteiger partial charge on any atom is -0.477 e. The van der Waals surface area contributed by atoms with Crippen molar-refractivity contribution in [3.05, 3.63) is 47.6 Å². The second-order valence-electron chi connectivity index (χ2n) is 10.6. The van der Waals surface area contributed by atoms with Crippen molar-refractivity contribution in [2.24, 2.45) is 0 Å². The number of likely N-dealkylation sites (tertiary alicyclic amines) is 1. The van der Waals surface area contributed by atoms with Gasteiger partial charge in [0.05, 0.1) is 46.6 Å². The molecule has 1 aliphatic carbocycles. The molecule has 0 unspecified atom stereocenters. The summed E-state index contributed by atoms with van der Waals surface area (Å²) >= 11 is 1.23. The number of sulfonamides is 1. The fraction of sp³-hybridized carbons (Fsp3) is 0.536. The Morgan fingerprint density at radius 1 is 1.15 bits per heavy atom. The van der Waals surface area contributed by atoms with Crippen LogP contribution in [-0.4, -0.2) is 70.7 Å². The van der Waals surface area contributed by atoms with Crippen molar-refractivity contribution in [2.75, 3.05) is 24.9 Å². The first kappa shape index (κ1) is 29.3. The van der Waals surface area contributed by atoms with Gasteiger partial charge in [-0.25, -0.2) is 18.4 Å². The lowest BCUT2D eigenvalue weighted by molar-refractivity contribution is 0.0915. The summed E-state index contributed by atoms with van der Waals surface area (Å²) in [5, 5.41) is 3.06. The molecular weight excluding hydrogens is 562 g/mol. The predicted octanol–water partition coefficient (Wildman–Crippen LogP) is 4.42. The fourth-order valence-corrected chi connectivity index (χ4v) is 7.87. The summed E-state index contributed by atoms with van der Waals surface area (Å²) in [7, 11) is -1.39. The normalized spacial score (nSPS) is 19.1. The maximum atomic E-state index is 13.5. The van der Waals surface area contributed by atoms with Crippen LogP contribution in [0.15, 0.2) is 36.9 Å². The SMILES string of the molecule is CCOc1cncc(-c2cnc(C(=O)N[C@H](C[C@@H]3CCCCN3C)c3cc(NS(=O)(=O)C4CCCC4)ccn3)s2)n1. The van der Waals surface area contributed by atoms with Crippen LogP contribution in [0.25, 0.3) is 10.6 Å². The van der Waals surface area contributed by atoms with Crippen molar-refractivity contribution in [1.29, 1.82) is 0 Å². The topological polar surface area (TPSA) is 139 Å². The highest BCUT2D eigenvalue weighted by Gasteiger charge is 2.30. The number of piperidine rings is 1. The minimum absolute atomic E-state index is 0.262. The van der Waals surface area contributed by atoms with Crippen molar-refractivity contribution in [3.8, 4) is 16.5 Å². The predicted molar refractivity (Wildman–Crippen MR) is 158 cm³/mol. The zero-order valence-corrected chi connectivity index (χ0v) is 25.1. The second-order valence-corrected chi connectivity index (χ2v) is 13.6. The first-order chi connectivity index (χ1) is 19.8. The maximum Gasteiger partial charge on any atom is 0.280 e. The van der Waals surface area contributed by atoms with Gasteiger partial charge in [0.25, 0.3) is 5.91 Å². The molecule has 4 heterocycles. The number of nitrogens with one attached hydrogen (secondary N) is 2. The number of ether oxygens (including phenoxy) is 1. The van der Waals surface area contributed by atoms with Crippen LogP contribution in [0.4, 0.5) is 5.69 Å². The number of thiazole rings is 1. The number of carbonyl (C=O) groups is 1. The molecule has 11 nitrogen and oxygen atoms in total. The largest absolute Gasteiger partial charge is 0.477 e. The van der Waals surface area contributed by atoms with Crippen LogP contribution in [0, 0.1) is 0 Å². The van der Waals surface area contributed by atoms with E-state index in [1.165, 1.54) is 11.3 Å². The molecule has 5 rings (SSSR count). The molecule has 0 aromatic carbocycles. The summed E-state index contributed by atoms with van der Waals surface area (Å²) in [6, 6.07) is 3.23. The van der Waals surface area contributed by atoms with Crippen molar-refractivity contribution in [2.45, 2.75) is 75.6 Å². The van der Waals surface area contributed by atoms with Gasteiger partial charge < -0.3 is 15.0 Å². The van der Waals surface area contributed by atoms with Gasteiger partial charge in [-0.15, -0.1) is 11.3 Å². The lowest BCUT2D eigenvalue weighted by Crippen LogP contribution is -2.40. The van der Waals surface area contributed by atoms with Crippen molar-refractivity contribution in [3.63, 3.8) is 0 Å². The summed E-state index contributed by atoms with van der Waals surface area (Å²) in [6.45, 7) is 3.35. The summed E-state index contributed by atoms with van der Waals surface area (Å²) in [6.07, 6.45) is 13.5. The van der Waals surface area contributed by atoms with E-state index < -0.39 is 16.1 Å². The average molecular weight is 600 g/mol. The van der Waals surface area contributed by atoms with Gasteiger partial charge in [-0.3, -0.25) is 19.5 Å². The van der Waals surface area contributed by atoms with Crippen LogP contribution in [0.3, 0.4) is 0 Å². The van der Waals surface area contributed by atoms with E-state index in [9.17, 15) is 13.2 Å². The molecule has 2 atom stereocenters. The number of amides is 1. The third-order valence-corrected chi connectivity index (χ3v) is 10.6. The number of nitrogens with zero attached hydrogens (tertiary/aromatic N) is 5. The molecule has 1 saturated carbocycles. The Kier molecular flexibility index (Phi) is 9.46. The van der Waals surface area contributed by atoms with E-state index >= 15 is 0 Å². The van der Waals surface area contributed by atoms with Gasteiger partial charge in [0.2, 0.25) is 15.9 Å². The molecular formula is C28H37N7O4S2. The highest BCUT2D eigenvalue weighted by molar-refractivity contribution is 7.93. The summed E-state index contributed by atoms with van der Waals surface area (Å²) in [5.41, 5.74) is 1.65. The molecule has 13 heteroatoms. The molecule has 3 aromatic rings. The zero-order valence-electron chi connectivity index (χ0n) is 23.5. The maximum absolute atomic E-state index is 13.5. The highest BCUT2D eigenvalue weighted by atomic mass is 32.2. The van der Waals surface area contributed by atoms with E-state index in [0.717, 1.165) is 38.6 Å². The number of carbonyl (C=O) groups excluding carboxylic acids is 1. The van der Waals surface area contributed by atoms with E-state index in [1.54, 1.807) is 36.9 Å². The third kappa shape index (κ3) is 7.38. The Morgan fingerprint density at radius 2 is 1.95 bits per heavy atom. The molecule has 2 aliphatic rings. The Hall–Kier alpha value is -3.16. The van der Waals surface area contributed by atoms with Crippen LogP contribution in [0.2, 0.25) is 0 Å². The van der Waals surface area contributed by atoms with Crippen LogP contribution < -0.4 is 14.8 Å². The molecule has 1 aliphatic heterocycles. The van der Waals surface area contributed by atoms with E-state index in [0.29, 0.717) is 58.7 Å². The lowest BCUT2D eigenvalue weighted by Gasteiger charge is -2.35. The quantitative estimate of drug-likeness (QED) is 0.328. The summed E-state index contributed by atoms with van der Waals surface area (Å²) in [4.78, 5) is 34.1. The fourth-order valence-electron chi connectivity index (χ4n) is 5.52. The molecule has 41 heavy (non-hydrogen) atoms. The number of pyridine rings is 1. The third-order valence-electron chi connectivity index (χ3n) is 7.73. The Labute approximate surface area is 245 Å². The first-order valence-corrected chi connectivity index (χ1v) is 16.6. The molecule has 2 fully saturated rings. The summed E-state index contributed by atoms with van der Waals surface area (Å²) in [5.74, 6) is 0.0907. The standard InChI is InChI=1S/C28H37N7O4S2/c1-3-39-26-18-29-16-24(32-26)25-17-31-28(40-25)27(36)33-23(15-20-8-6-7-13-35(20)2)22-14-19(11-12-30-22)34-41(37,38)21-9-4-5-10-21/h11-12,14,16-18,20-21,23H,3-10,13,15H2,1-2H3,(H,30,34)(H,33,36)/t20-,23+/m0/s1. The molecule has 1 saturated heterocycles. The van der Waals surface area contributed by atoms with Gasteiger partial charge in [-0.1, -0.05) is 19.3 Å². The van der Waals surface area contributed by atoms with Crippen LogP contribution in [-0.2, 0) is 10.0 Å². The van der Waals surface area contributed by atoms with Gasteiger partial charge in [-0.2, -0.15) is 0 Å². The van der Waals surface area contributed by atoms with Gasteiger partial charge in [0.15, 0.2) is 5.01 Å². The zero-order chi connectivity index (χ0) is 28.8. The average Bonchev–Trinajstić information content (AvgIpc) is 3.68. The number of aromatic nitrogens is 4. The molecule has 3 aromatic heterocycles. The Balaban J connectivity index is 1.36. The highest BCUT2D eigenvalue weighted by Crippen LogP contribution is 2.30. The second kappa shape index (κ2) is 13.2. The smallest absolute Gasteiger partial charge is 0.280 e. The van der Waals surface area contributed by atoms with Crippen molar-refractivity contribution < 1.29 is 17.9 Å². The van der Waals surface area contributed by atoms with E-state index in [2.05, 4.69) is 41.9 Å².